The summed E-state index contributed by atoms with van der Waals surface area (Å²) in [6.07, 6.45) is 0. The zero-order chi connectivity index (χ0) is 47.1. The van der Waals surface area contributed by atoms with Crippen LogP contribution in [-0.2, 0) is 0 Å². The predicted octanol–water partition coefficient (Wildman–Crippen LogP) is 10.5. The fourth-order valence-corrected chi connectivity index (χ4v) is 10.5. The highest BCUT2D eigenvalue weighted by Crippen LogP contribution is 2.41. The van der Waals surface area contributed by atoms with Gasteiger partial charge in [0.1, 0.15) is 11.4 Å². The molecule has 0 aliphatic carbocycles. The largest absolute Gasteiger partial charge is 0.291 e. The van der Waals surface area contributed by atoms with Crippen LogP contribution in [0.2, 0.25) is 0 Å². The molecule has 8 aromatic carbocycles. The van der Waals surface area contributed by atoms with Gasteiger partial charge in [0.2, 0.25) is 5.95 Å². The number of anilines is 1. The minimum atomic E-state index is -0.564. The number of carbonyl (C=O) groups excluding carboxylic acids is 2. The average Bonchev–Trinajstić information content (AvgIpc) is 4.20. The Kier molecular flexibility index (Phi) is 7.88. The van der Waals surface area contributed by atoms with Crippen LogP contribution in [0.5, 0.6) is 0 Å². The Morgan fingerprint density at radius 3 is 1.35 bits per heavy atom. The zero-order valence-corrected chi connectivity index (χ0v) is 37.0. The van der Waals surface area contributed by atoms with E-state index >= 15 is 4.79 Å². The molecule has 71 heavy (non-hydrogen) atoms. The predicted molar refractivity (Wildman–Crippen MR) is 273 cm³/mol. The summed E-state index contributed by atoms with van der Waals surface area (Å²) in [5.74, 6) is 0.00839. The Balaban J connectivity index is 1.00. The number of aromatic nitrogens is 10. The number of pyridine rings is 1. The third-order valence-corrected chi connectivity index (χ3v) is 13.5. The molecule has 14 heteroatoms. The number of fused-ring (bicyclic) bond motifs is 7. The first kappa shape index (κ1) is 38.9. The molecule has 1 aliphatic rings. The van der Waals surface area contributed by atoms with E-state index in [9.17, 15) is 9.59 Å². The van der Waals surface area contributed by atoms with Crippen molar-refractivity contribution in [2.75, 3.05) is 4.90 Å². The second kappa shape index (κ2) is 14.4. The Morgan fingerprint density at radius 1 is 0.352 bits per heavy atom. The Bertz CT molecular complexity index is 4630. The van der Waals surface area contributed by atoms with Gasteiger partial charge >= 0.3 is 0 Å². The van der Waals surface area contributed by atoms with Crippen molar-refractivity contribution in [2.24, 2.45) is 0 Å². The summed E-state index contributed by atoms with van der Waals surface area (Å²) in [5, 5.41) is 1.65. The van der Waals surface area contributed by atoms with Gasteiger partial charge in [-0.1, -0.05) is 91.0 Å². The SMILES string of the molecule is O=C1c2ccc3c(=O)n4c5nc(-c6nc7ccccc7n6-c6ccccc6)c(-c6nc7ccccc7n6-c6ccccc6)nc5nc4c4ccc(c2c34)C(=O)N1c1nc2ccccc2n1-c1ccccc1. The van der Waals surface area contributed by atoms with Crippen LogP contribution in [0.15, 0.2) is 193 Å². The van der Waals surface area contributed by atoms with Gasteiger partial charge in [0.25, 0.3) is 17.4 Å². The topological polar surface area (TPSA) is 151 Å². The summed E-state index contributed by atoms with van der Waals surface area (Å²) in [6.45, 7) is 0. The maximum absolute atomic E-state index is 15.3. The summed E-state index contributed by atoms with van der Waals surface area (Å²) in [4.78, 5) is 77.4. The van der Waals surface area contributed by atoms with Gasteiger partial charge in [0.05, 0.1) is 33.1 Å². The molecule has 0 radical (unpaired) electrons. The van der Waals surface area contributed by atoms with E-state index in [0.717, 1.165) is 49.5 Å². The van der Waals surface area contributed by atoms with Crippen LogP contribution in [0.4, 0.5) is 5.95 Å². The Hall–Kier alpha value is -10.2. The third kappa shape index (κ3) is 5.37. The molecule has 2 amide bonds. The highest BCUT2D eigenvalue weighted by molar-refractivity contribution is 6.38. The molecular formula is C57H31N11O3. The van der Waals surface area contributed by atoms with E-state index in [1.807, 2.05) is 173 Å². The Morgan fingerprint density at radius 2 is 0.803 bits per heavy atom. The highest BCUT2D eigenvalue weighted by atomic mass is 16.2. The monoisotopic (exact) mass is 917 g/mol. The third-order valence-electron chi connectivity index (χ3n) is 13.5. The molecule has 14 aromatic rings. The highest BCUT2D eigenvalue weighted by Gasteiger charge is 2.39. The molecule has 15 rings (SSSR count). The first-order valence-corrected chi connectivity index (χ1v) is 22.9. The summed E-state index contributed by atoms with van der Waals surface area (Å²) in [6, 6.07) is 59.4. The summed E-state index contributed by atoms with van der Waals surface area (Å²) in [7, 11) is 0. The number of imidazole rings is 4. The van der Waals surface area contributed by atoms with Crippen LogP contribution < -0.4 is 10.5 Å². The van der Waals surface area contributed by atoms with Crippen molar-refractivity contribution in [1.82, 2.24) is 48.0 Å². The smallest absolute Gasteiger partial charge is 0.268 e. The van der Waals surface area contributed by atoms with E-state index in [1.54, 1.807) is 24.3 Å². The number of carbonyl (C=O) groups is 2. The van der Waals surface area contributed by atoms with Crippen molar-refractivity contribution in [2.45, 2.75) is 0 Å². The maximum atomic E-state index is 15.3. The minimum Gasteiger partial charge on any atom is -0.291 e. The van der Waals surface area contributed by atoms with Crippen molar-refractivity contribution in [3.8, 4) is 40.1 Å². The molecule has 6 aromatic heterocycles. The van der Waals surface area contributed by atoms with Gasteiger partial charge in [0, 0.05) is 49.7 Å². The van der Waals surface area contributed by atoms with Gasteiger partial charge in [-0.3, -0.25) is 28.1 Å². The number of hydrogen-bond acceptors (Lipinski definition) is 9. The lowest BCUT2D eigenvalue weighted by molar-refractivity contribution is 0.0891. The number of imide groups is 1. The lowest BCUT2D eigenvalue weighted by atomic mass is 9.90. The molecule has 0 fully saturated rings. The molecule has 14 nitrogen and oxygen atoms in total. The molecule has 1 aliphatic heterocycles. The number of amides is 2. The van der Waals surface area contributed by atoms with Crippen molar-refractivity contribution in [3.05, 3.63) is 210 Å². The quantitative estimate of drug-likeness (QED) is 0.148. The standard InChI is InChI=1S/C57H31N11O3/c69-54-36-30-31-38-46-37(55(70)68(56(38)71)57-60-41-24-12-15-27-44(41)66(57)34-20-8-3-9-21-34)29-28-35(45(36)46)50-63-49-53(67(50)54)62-48(52-59-40-23-11-14-26-43(40)65(52)33-18-6-2-7-19-33)47(61-49)51-58-39-22-10-13-25-42(39)64(51)32-16-4-1-5-17-32/h1-31H. The molecule has 0 N–H and O–H groups in total. The molecule has 332 valence electrons. The summed E-state index contributed by atoms with van der Waals surface area (Å²) >= 11 is 0. The number of nitrogens with zero attached hydrogens (tertiary/aromatic N) is 11. The van der Waals surface area contributed by atoms with E-state index in [-0.39, 0.29) is 39.4 Å². The van der Waals surface area contributed by atoms with Gasteiger partial charge in [-0.2, -0.15) is 0 Å². The van der Waals surface area contributed by atoms with Crippen molar-refractivity contribution < 1.29 is 9.59 Å². The minimum absolute atomic E-state index is 0.162. The number of benzene rings is 8. The first-order chi connectivity index (χ1) is 35.0. The number of para-hydroxylation sites is 9. The zero-order valence-electron chi connectivity index (χ0n) is 37.0. The van der Waals surface area contributed by atoms with Gasteiger partial charge in [-0.25, -0.2) is 39.2 Å². The van der Waals surface area contributed by atoms with Crippen LogP contribution >= 0.6 is 0 Å². The first-order valence-electron chi connectivity index (χ1n) is 22.9. The van der Waals surface area contributed by atoms with E-state index in [0.29, 0.717) is 44.7 Å². The van der Waals surface area contributed by atoms with Crippen molar-refractivity contribution >= 4 is 89.3 Å². The van der Waals surface area contributed by atoms with E-state index < -0.39 is 17.4 Å². The molecule has 0 bridgehead atoms. The van der Waals surface area contributed by atoms with Crippen molar-refractivity contribution in [3.63, 3.8) is 0 Å². The normalized spacial score (nSPS) is 12.9. The molecule has 0 spiro atoms. The number of rotatable bonds is 6. The molecule has 0 saturated heterocycles. The average molecular weight is 918 g/mol. The van der Waals surface area contributed by atoms with Crippen molar-refractivity contribution in [1.29, 1.82) is 0 Å². The molecule has 0 saturated carbocycles. The fourth-order valence-electron chi connectivity index (χ4n) is 10.5. The second-order valence-electron chi connectivity index (χ2n) is 17.4. The van der Waals surface area contributed by atoms with E-state index in [2.05, 4.69) is 4.57 Å². The van der Waals surface area contributed by atoms with Crippen LogP contribution in [0.1, 0.15) is 20.7 Å². The summed E-state index contributed by atoms with van der Waals surface area (Å²) < 4.78 is 7.39. The molecule has 7 heterocycles. The van der Waals surface area contributed by atoms with Crippen LogP contribution in [0, 0.1) is 0 Å². The second-order valence-corrected chi connectivity index (χ2v) is 17.4. The van der Waals surface area contributed by atoms with Crippen LogP contribution in [-0.4, -0.2) is 59.8 Å². The van der Waals surface area contributed by atoms with E-state index in [4.69, 9.17) is 29.9 Å². The van der Waals surface area contributed by atoms with Crippen LogP contribution in [0.25, 0.3) is 112 Å². The fraction of sp³-hybridized carbons (Fsp3) is 0. The molecule has 0 unspecified atom stereocenters. The van der Waals surface area contributed by atoms with Gasteiger partial charge < -0.3 is 0 Å². The lowest BCUT2D eigenvalue weighted by Crippen LogP contribution is -2.42. The van der Waals surface area contributed by atoms with Gasteiger partial charge in [0.15, 0.2) is 28.6 Å². The summed E-state index contributed by atoms with van der Waals surface area (Å²) in [5.41, 5.74) is 8.46. The van der Waals surface area contributed by atoms with Crippen LogP contribution in [0.3, 0.4) is 0 Å². The maximum Gasteiger partial charge on any atom is 0.268 e. The van der Waals surface area contributed by atoms with E-state index in [1.165, 1.54) is 4.40 Å². The molecular weight excluding hydrogens is 887 g/mol. The van der Waals surface area contributed by atoms with Gasteiger partial charge in [-0.05, 0) is 97.1 Å². The number of hydrogen-bond donors (Lipinski definition) is 0. The molecule has 0 atom stereocenters. The Labute approximate surface area is 400 Å². The lowest BCUT2D eigenvalue weighted by Gasteiger charge is -2.27. The van der Waals surface area contributed by atoms with Gasteiger partial charge in [-0.15, -0.1) is 0 Å².